The SMILES string of the molecule is COCCc1ccccc1Nc1nc(NN)ncc1Cl. The van der Waals surface area contributed by atoms with Crippen LogP contribution in [0.1, 0.15) is 5.56 Å². The highest BCUT2D eigenvalue weighted by Gasteiger charge is 2.08. The maximum absolute atomic E-state index is 6.08. The van der Waals surface area contributed by atoms with E-state index in [-0.39, 0.29) is 0 Å². The molecule has 0 saturated carbocycles. The van der Waals surface area contributed by atoms with E-state index in [2.05, 4.69) is 20.7 Å². The second-order valence-electron chi connectivity index (χ2n) is 4.06. The van der Waals surface area contributed by atoms with Crippen molar-refractivity contribution < 1.29 is 4.74 Å². The summed E-state index contributed by atoms with van der Waals surface area (Å²) in [6.45, 7) is 0.645. The van der Waals surface area contributed by atoms with Crippen molar-refractivity contribution in [2.45, 2.75) is 6.42 Å². The van der Waals surface area contributed by atoms with Crippen molar-refractivity contribution in [1.29, 1.82) is 0 Å². The molecule has 0 amide bonds. The fourth-order valence-corrected chi connectivity index (χ4v) is 1.86. The predicted octanol–water partition coefficient (Wildman–Crippen LogP) is 2.35. The van der Waals surface area contributed by atoms with Crippen molar-refractivity contribution in [2.24, 2.45) is 5.84 Å². The molecule has 0 bridgehead atoms. The van der Waals surface area contributed by atoms with Gasteiger partial charge >= 0.3 is 0 Å². The molecule has 0 radical (unpaired) electrons. The lowest BCUT2D eigenvalue weighted by molar-refractivity contribution is 0.202. The molecule has 7 heteroatoms. The van der Waals surface area contributed by atoms with Gasteiger partial charge in [-0.1, -0.05) is 29.8 Å². The van der Waals surface area contributed by atoms with Crippen LogP contribution < -0.4 is 16.6 Å². The Bertz CT molecular complexity index is 578. The number of ether oxygens (including phenoxy) is 1. The standard InChI is InChI=1S/C13H16ClN5O/c1-20-7-6-9-4-2-3-5-11(9)17-12-10(14)8-16-13(18-12)19-15/h2-5,8H,6-7,15H2,1H3,(H2,16,17,18,19). The summed E-state index contributed by atoms with van der Waals surface area (Å²) < 4.78 is 5.11. The fraction of sp³-hybridized carbons (Fsp3) is 0.231. The van der Waals surface area contributed by atoms with Crippen LogP contribution in [-0.4, -0.2) is 23.7 Å². The van der Waals surface area contributed by atoms with Crippen LogP contribution in [0.3, 0.4) is 0 Å². The molecule has 0 unspecified atom stereocenters. The van der Waals surface area contributed by atoms with E-state index in [1.54, 1.807) is 7.11 Å². The fourth-order valence-electron chi connectivity index (χ4n) is 1.72. The molecule has 0 fully saturated rings. The molecule has 0 atom stereocenters. The maximum atomic E-state index is 6.08. The third-order valence-electron chi connectivity index (χ3n) is 2.72. The number of rotatable bonds is 6. The highest BCUT2D eigenvalue weighted by Crippen LogP contribution is 2.25. The molecule has 0 spiro atoms. The minimum Gasteiger partial charge on any atom is -0.384 e. The summed E-state index contributed by atoms with van der Waals surface area (Å²) >= 11 is 6.08. The number of hydrogen-bond acceptors (Lipinski definition) is 6. The average Bonchev–Trinajstić information content (AvgIpc) is 2.48. The van der Waals surface area contributed by atoms with E-state index < -0.39 is 0 Å². The molecule has 4 N–H and O–H groups in total. The first kappa shape index (κ1) is 14.5. The van der Waals surface area contributed by atoms with Gasteiger partial charge in [-0.3, -0.25) is 5.43 Å². The molecule has 0 aliphatic rings. The second kappa shape index (κ2) is 7.04. The zero-order valence-electron chi connectivity index (χ0n) is 11.1. The van der Waals surface area contributed by atoms with Crippen molar-refractivity contribution >= 4 is 29.1 Å². The predicted molar refractivity (Wildman–Crippen MR) is 80.2 cm³/mol. The molecule has 20 heavy (non-hydrogen) atoms. The number of nitrogens with one attached hydrogen (secondary N) is 2. The zero-order chi connectivity index (χ0) is 14.4. The van der Waals surface area contributed by atoms with Gasteiger partial charge in [-0.25, -0.2) is 10.8 Å². The maximum Gasteiger partial charge on any atom is 0.239 e. The number of nitrogens with zero attached hydrogens (tertiary/aromatic N) is 2. The number of anilines is 3. The number of hydrazine groups is 1. The topological polar surface area (TPSA) is 85.1 Å². The van der Waals surface area contributed by atoms with Gasteiger partial charge in [0.2, 0.25) is 5.95 Å². The van der Waals surface area contributed by atoms with Gasteiger partial charge in [0.15, 0.2) is 5.82 Å². The lowest BCUT2D eigenvalue weighted by atomic mass is 10.1. The van der Waals surface area contributed by atoms with Crippen LogP contribution in [0.5, 0.6) is 0 Å². The van der Waals surface area contributed by atoms with Crippen LogP contribution in [0, 0.1) is 0 Å². The normalized spacial score (nSPS) is 10.3. The van der Waals surface area contributed by atoms with E-state index in [0.717, 1.165) is 17.7 Å². The Kier molecular flexibility index (Phi) is 5.11. The van der Waals surface area contributed by atoms with Crippen LogP contribution in [0.15, 0.2) is 30.5 Å². The van der Waals surface area contributed by atoms with Gasteiger partial charge in [-0.05, 0) is 18.1 Å². The van der Waals surface area contributed by atoms with Gasteiger partial charge < -0.3 is 10.1 Å². The smallest absolute Gasteiger partial charge is 0.239 e. The van der Waals surface area contributed by atoms with Crippen LogP contribution in [-0.2, 0) is 11.2 Å². The minimum atomic E-state index is 0.297. The Morgan fingerprint density at radius 3 is 2.90 bits per heavy atom. The number of benzene rings is 1. The number of methoxy groups -OCH3 is 1. The molecule has 106 valence electrons. The summed E-state index contributed by atoms with van der Waals surface area (Å²) in [6, 6.07) is 7.90. The molecule has 1 aromatic heterocycles. The third-order valence-corrected chi connectivity index (χ3v) is 3.00. The monoisotopic (exact) mass is 293 g/mol. The van der Waals surface area contributed by atoms with Crippen molar-refractivity contribution in [2.75, 3.05) is 24.5 Å². The lowest BCUT2D eigenvalue weighted by Gasteiger charge is -2.12. The van der Waals surface area contributed by atoms with Crippen molar-refractivity contribution in [1.82, 2.24) is 9.97 Å². The molecule has 2 rings (SSSR count). The lowest BCUT2D eigenvalue weighted by Crippen LogP contribution is -2.11. The molecule has 0 saturated heterocycles. The highest BCUT2D eigenvalue weighted by molar-refractivity contribution is 6.32. The molecule has 6 nitrogen and oxygen atoms in total. The highest BCUT2D eigenvalue weighted by atomic mass is 35.5. The summed E-state index contributed by atoms with van der Waals surface area (Å²) in [5.41, 5.74) is 4.43. The van der Waals surface area contributed by atoms with Crippen molar-refractivity contribution in [3.8, 4) is 0 Å². The minimum absolute atomic E-state index is 0.297. The summed E-state index contributed by atoms with van der Waals surface area (Å²) in [7, 11) is 1.68. The molecular formula is C13H16ClN5O. The van der Waals surface area contributed by atoms with Gasteiger partial charge in [0.1, 0.15) is 5.02 Å². The van der Waals surface area contributed by atoms with Crippen LogP contribution in [0.4, 0.5) is 17.5 Å². The van der Waals surface area contributed by atoms with Crippen LogP contribution in [0.25, 0.3) is 0 Å². The summed E-state index contributed by atoms with van der Waals surface area (Å²) in [5, 5.41) is 3.61. The van der Waals surface area contributed by atoms with E-state index in [1.165, 1.54) is 6.20 Å². The molecule has 2 aromatic rings. The Labute approximate surface area is 122 Å². The van der Waals surface area contributed by atoms with Crippen molar-refractivity contribution in [3.05, 3.63) is 41.0 Å². The summed E-state index contributed by atoms with van der Waals surface area (Å²) in [6.07, 6.45) is 2.29. The number of hydrogen-bond donors (Lipinski definition) is 3. The first-order valence-corrected chi connectivity index (χ1v) is 6.45. The van der Waals surface area contributed by atoms with Crippen LogP contribution in [0.2, 0.25) is 5.02 Å². The van der Waals surface area contributed by atoms with Gasteiger partial charge in [-0.2, -0.15) is 4.98 Å². The van der Waals surface area contributed by atoms with E-state index in [4.69, 9.17) is 22.2 Å². The van der Waals surface area contributed by atoms with Crippen molar-refractivity contribution in [3.63, 3.8) is 0 Å². The largest absolute Gasteiger partial charge is 0.384 e. The Hall–Kier alpha value is -1.89. The Balaban J connectivity index is 2.25. The van der Waals surface area contributed by atoms with E-state index in [0.29, 0.717) is 23.4 Å². The molecular weight excluding hydrogens is 278 g/mol. The van der Waals surface area contributed by atoms with Gasteiger partial charge in [0, 0.05) is 12.8 Å². The van der Waals surface area contributed by atoms with Gasteiger partial charge in [0.25, 0.3) is 0 Å². The number of halogens is 1. The molecule has 1 heterocycles. The first-order valence-electron chi connectivity index (χ1n) is 6.07. The Morgan fingerprint density at radius 1 is 1.35 bits per heavy atom. The first-order chi connectivity index (χ1) is 9.74. The molecule has 1 aromatic carbocycles. The quantitative estimate of drug-likeness (QED) is 0.560. The number of aromatic nitrogens is 2. The molecule has 0 aliphatic carbocycles. The van der Waals surface area contributed by atoms with Gasteiger partial charge in [0.05, 0.1) is 12.8 Å². The third kappa shape index (κ3) is 3.57. The number of nitrogens with two attached hydrogens (primary N) is 1. The number of nitrogen functional groups attached to an aromatic ring is 1. The summed E-state index contributed by atoms with van der Waals surface area (Å²) in [4.78, 5) is 8.12. The second-order valence-corrected chi connectivity index (χ2v) is 4.47. The average molecular weight is 294 g/mol. The molecule has 0 aliphatic heterocycles. The number of para-hydroxylation sites is 1. The van der Waals surface area contributed by atoms with Crippen LogP contribution >= 0.6 is 11.6 Å². The van der Waals surface area contributed by atoms with E-state index >= 15 is 0 Å². The van der Waals surface area contributed by atoms with E-state index in [1.807, 2.05) is 24.3 Å². The van der Waals surface area contributed by atoms with Gasteiger partial charge in [-0.15, -0.1) is 0 Å². The zero-order valence-corrected chi connectivity index (χ0v) is 11.8. The summed E-state index contributed by atoms with van der Waals surface area (Å²) in [5.74, 6) is 6.09. The van der Waals surface area contributed by atoms with E-state index in [9.17, 15) is 0 Å². The Morgan fingerprint density at radius 2 is 2.15 bits per heavy atom.